The van der Waals surface area contributed by atoms with E-state index < -0.39 is 0 Å². The number of carbonyl (C=O) groups is 1. The molecule has 118 valence electrons. The molecular formula is C15H20ClN5O. The number of pyridine rings is 1. The number of aryl methyl sites for hydroxylation is 1. The van der Waals surface area contributed by atoms with Crippen LogP contribution in [0.1, 0.15) is 34.9 Å². The van der Waals surface area contributed by atoms with Crippen LogP contribution in [0.4, 0.5) is 5.82 Å². The van der Waals surface area contributed by atoms with Crippen molar-refractivity contribution in [2.24, 2.45) is 0 Å². The fraction of sp³-hybridized carbons (Fsp3) is 0.400. The minimum absolute atomic E-state index is 0. The Kier molecular flexibility index (Phi) is 5.51. The van der Waals surface area contributed by atoms with Gasteiger partial charge in [0.15, 0.2) is 5.69 Å². The molecule has 22 heavy (non-hydrogen) atoms. The monoisotopic (exact) mass is 321 g/mol. The van der Waals surface area contributed by atoms with Crippen LogP contribution in [0.5, 0.6) is 0 Å². The average molecular weight is 322 g/mol. The first kappa shape index (κ1) is 16.5. The topological polar surface area (TPSA) is 71.8 Å². The molecule has 1 saturated heterocycles. The molecule has 1 atom stereocenters. The summed E-state index contributed by atoms with van der Waals surface area (Å²) in [5, 5.41) is 10.5. The molecular weight excluding hydrogens is 302 g/mol. The van der Waals surface area contributed by atoms with E-state index in [1.807, 2.05) is 23.9 Å². The van der Waals surface area contributed by atoms with Gasteiger partial charge in [0, 0.05) is 18.9 Å². The number of halogens is 1. The summed E-state index contributed by atoms with van der Waals surface area (Å²) in [6, 6.07) is 5.78. The number of nitrogens with zero attached hydrogens (tertiary/aromatic N) is 3. The number of anilines is 1. The fourth-order valence-electron chi connectivity index (χ4n) is 2.44. The maximum atomic E-state index is 12.2. The third kappa shape index (κ3) is 3.84. The van der Waals surface area contributed by atoms with Crippen molar-refractivity contribution >= 4 is 24.1 Å². The molecule has 1 amide bonds. The summed E-state index contributed by atoms with van der Waals surface area (Å²) in [5.74, 6) is 0.313. The molecule has 1 aliphatic heterocycles. The smallest absolute Gasteiger partial charge is 0.277 e. The molecule has 0 spiro atoms. The summed E-state index contributed by atoms with van der Waals surface area (Å²) in [5.41, 5.74) is 1.48. The van der Waals surface area contributed by atoms with Crippen molar-refractivity contribution < 1.29 is 4.79 Å². The molecule has 0 saturated carbocycles. The molecule has 3 heterocycles. The first-order valence-electron chi connectivity index (χ1n) is 7.22. The molecule has 1 unspecified atom stereocenters. The summed E-state index contributed by atoms with van der Waals surface area (Å²) in [6.45, 7) is 3.92. The van der Waals surface area contributed by atoms with Crippen molar-refractivity contribution in [2.75, 3.05) is 18.4 Å². The predicted octanol–water partition coefficient (Wildman–Crippen LogP) is 2.19. The van der Waals surface area contributed by atoms with Crippen LogP contribution in [0.25, 0.3) is 0 Å². The van der Waals surface area contributed by atoms with Gasteiger partial charge in [0.2, 0.25) is 0 Å². The highest BCUT2D eigenvalue weighted by Gasteiger charge is 2.17. The normalized spacial score (nSPS) is 17.6. The lowest BCUT2D eigenvalue weighted by molar-refractivity contribution is 0.102. The first-order valence-corrected chi connectivity index (χ1v) is 7.22. The number of nitrogens with one attached hydrogen (secondary N) is 2. The molecule has 2 N–H and O–H groups in total. The van der Waals surface area contributed by atoms with E-state index in [0.717, 1.165) is 31.5 Å². The van der Waals surface area contributed by atoms with Crippen molar-refractivity contribution in [2.45, 2.75) is 25.8 Å². The van der Waals surface area contributed by atoms with Crippen LogP contribution in [0.3, 0.4) is 0 Å². The summed E-state index contributed by atoms with van der Waals surface area (Å²) in [4.78, 5) is 16.3. The van der Waals surface area contributed by atoms with Crippen LogP contribution >= 0.6 is 12.4 Å². The highest BCUT2D eigenvalue weighted by molar-refractivity contribution is 6.02. The van der Waals surface area contributed by atoms with Gasteiger partial charge in [-0.3, -0.25) is 9.48 Å². The number of hydrogen-bond donors (Lipinski definition) is 2. The molecule has 3 rings (SSSR count). The third-order valence-electron chi connectivity index (χ3n) is 3.64. The molecule has 2 aromatic rings. The van der Waals surface area contributed by atoms with Crippen LogP contribution in [-0.2, 0) is 0 Å². The Hall–Kier alpha value is -1.92. The molecule has 2 aromatic heterocycles. The number of hydrogen-bond acceptors (Lipinski definition) is 4. The Morgan fingerprint density at radius 1 is 1.41 bits per heavy atom. The van der Waals surface area contributed by atoms with E-state index in [0.29, 0.717) is 17.6 Å². The minimum Gasteiger partial charge on any atom is -0.315 e. The van der Waals surface area contributed by atoms with Gasteiger partial charge in [-0.1, -0.05) is 6.07 Å². The number of aromatic nitrogens is 3. The van der Waals surface area contributed by atoms with Gasteiger partial charge in [-0.2, -0.15) is 5.10 Å². The Morgan fingerprint density at radius 2 is 2.27 bits per heavy atom. The van der Waals surface area contributed by atoms with Crippen LogP contribution in [0.15, 0.2) is 30.6 Å². The van der Waals surface area contributed by atoms with Crippen molar-refractivity contribution in [3.05, 3.63) is 41.9 Å². The van der Waals surface area contributed by atoms with Gasteiger partial charge in [0.05, 0.1) is 6.04 Å². The fourth-order valence-corrected chi connectivity index (χ4v) is 2.44. The Balaban J connectivity index is 0.00000176. The summed E-state index contributed by atoms with van der Waals surface area (Å²) >= 11 is 0. The van der Waals surface area contributed by atoms with E-state index in [2.05, 4.69) is 20.7 Å². The van der Waals surface area contributed by atoms with Gasteiger partial charge in [-0.15, -0.1) is 12.4 Å². The molecule has 0 radical (unpaired) electrons. The van der Waals surface area contributed by atoms with E-state index in [9.17, 15) is 4.79 Å². The zero-order chi connectivity index (χ0) is 14.7. The number of piperidine rings is 1. The van der Waals surface area contributed by atoms with Gasteiger partial charge in [0.25, 0.3) is 5.91 Å². The number of carbonyl (C=O) groups excluding carboxylic acids is 1. The van der Waals surface area contributed by atoms with Crippen molar-refractivity contribution in [3.8, 4) is 0 Å². The largest absolute Gasteiger partial charge is 0.315 e. The van der Waals surface area contributed by atoms with Gasteiger partial charge in [0.1, 0.15) is 5.82 Å². The summed E-state index contributed by atoms with van der Waals surface area (Å²) in [6.07, 6.45) is 5.83. The van der Waals surface area contributed by atoms with Crippen molar-refractivity contribution in [3.63, 3.8) is 0 Å². The Bertz CT molecular complexity index is 619. The highest BCUT2D eigenvalue weighted by Crippen LogP contribution is 2.16. The van der Waals surface area contributed by atoms with E-state index in [1.165, 1.54) is 0 Å². The standard InChI is InChI=1S/C15H19N5O.ClH/c1-11-4-5-14(17-9-11)18-15(21)13-6-8-20(19-13)12-3-2-7-16-10-12;/h4-6,8-9,12,16H,2-3,7,10H2,1H3,(H,17,18,21);1H. The van der Waals surface area contributed by atoms with Crippen LogP contribution in [0, 0.1) is 6.92 Å². The molecule has 0 bridgehead atoms. The lowest BCUT2D eigenvalue weighted by Gasteiger charge is -2.22. The lowest BCUT2D eigenvalue weighted by Crippen LogP contribution is -2.32. The van der Waals surface area contributed by atoms with Gasteiger partial charge >= 0.3 is 0 Å². The molecule has 0 aliphatic carbocycles. The highest BCUT2D eigenvalue weighted by atomic mass is 35.5. The maximum absolute atomic E-state index is 12.2. The molecule has 1 aliphatic rings. The molecule has 7 heteroatoms. The Labute approximate surface area is 135 Å². The van der Waals surface area contributed by atoms with Gasteiger partial charge in [-0.25, -0.2) is 4.98 Å². The minimum atomic E-state index is -0.228. The van der Waals surface area contributed by atoms with E-state index in [1.54, 1.807) is 18.3 Å². The Morgan fingerprint density at radius 3 is 2.95 bits per heavy atom. The van der Waals surface area contributed by atoms with Crippen molar-refractivity contribution in [1.29, 1.82) is 0 Å². The van der Waals surface area contributed by atoms with E-state index in [-0.39, 0.29) is 18.3 Å². The maximum Gasteiger partial charge on any atom is 0.277 e. The SMILES string of the molecule is Cc1ccc(NC(=O)c2ccn(C3CCCNC3)n2)nc1.Cl. The summed E-state index contributed by atoms with van der Waals surface area (Å²) < 4.78 is 1.88. The second kappa shape index (κ2) is 7.38. The quantitative estimate of drug-likeness (QED) is 0.909. The van der Waals surface area contributed by atoms with E-state index in [4.69, 9.17) is 0 Å². The first-order chi connectivity index (χ1) is 10.2. The molecule has 0 aromatic carbocycles. The van der Waals surface area contributed by atoms with Crippen LogP contribution in [-0.4, -0.2) is 33.8 Å². The summed E-state index contributed by atoms with van der Waals surface area (Å²) in [7, 11) is 0. The zero-order valence-electron chi connectivity index (χ0n) is 12.5. The van der Waals surface area contributed by atoms with Gasteiger partial charge < -0.3 is 10.6 Å². The lowest BCUT2D eigenvalue weighted by atomic mass is 10.1. The molecule has 6 nitrogen and oxygen atoms in total. The third-order valence-corrected chi connectivity index (χ3v) is 3.64. The van der Waals surface area contributed by atoms with Crippen LogP contribution in [0.2, 0.25) is 0 Å². The van der Waals surface area contributed by atoms with Gasteiger partial charge in [-0.05, 0) is 44.0 Å². The second-order valence-corrected chi connectivity index (χ2v) is 5.36. The van der Waals surface area contributed by atoms with Crippen molar-refractivity contribution in [1.82, 2.24) is 20.1 Å². The molecule has 1 fully saturated rings. The number of amides is 1. The number of rotatable bonds is 3. The zero-order valence-corrected chi connectivity index (χ0v) is 13.3. The second-order valence-electron chi connectivity index (χ2n) is 5.36. The average Bonchev–Trinajstić information content (AvgIpc) is 3.00. The van der Waals surface area contributed by atoms with E-state index >= 15 is 0 Å². The van der Waals surface area contributed by atoms with Crippen LogP contribution < -0.4 is 10.6 Å². The predicted molar refractivity (Wildman–Crippen MR) is 87.5 cm³/mol.